The summed E-state index contributed by atoms with van der Waals surface area (Å²) in [5.41, 5.74) is 3.39. The molecule has 0 radical (unpaired) electrons. The van der Waals surface area contributed by atoms with Gasteiger partial charge in [0.2, 0.25) is 0 Å². The van der Waals surface area contributed by atoms with Gasteiger partial charge in [-0.25, -0.2) is 4.79 Å². The molecule has 1 atom stereocenters. The molecule has 1 heterocycles. The molecule has 36 heavy (non-hydrogen) atoms. The Kier molecular flexibility index (Phi) is 8.44. The molecule has 2 N–H and O–H groups in total. The SMILES string of the molecule is CCOc1cc(CNC(=O)c2cccc([C@H]3CCCN(C(=O)Nc4ccccc4)C3)c2)ccc1OC. The first-order valence-electron chi connectivity index (χ1n) is 12.4. The third kappa shape index (κ3) is 6.36. The molecular formula is C29H33N3O4. The monoisotopic (exact) mass is 487 g/mol. The average molecular weight is 488 g/mol. The normalized spacial score (nSPS) is 15.2. The topological polar surface area (TPSA) is 79.9 Å². The van der Waals surface area contributed by atoms with Crippen molar-refractivity contribution < 1.29 is 19.1 Å². The highest BCUT2D eigenvalue weighted by molar-refractivity contribution is 5.94. The lowest BCUT2D eigenvalue weighted by atomic mass is 9.89. The lowest BCUT2D eigenvalue weighted by Gasteiger charge is -2.33. The van der Waals surface area contributed by atoms with Crippen molar-refractivity contribution in [1.29, 1.82) is 0 Å². The molecule has 1 saturated heterocycles. The molecule has 0 aliphatic carbocycles. The first kappa shape index (κ1) is 25.1. The molecule has 188 valence electrons. The van der Waals surface area contributed by atoms with Crippen molar-refractivity contribution in [2.75, 3.05) is 32.1 Å². The van der Waals surface area contributed by atoms with Gasteiger partial charge in [-0.3, -0.25) is 4.79 Å². The van der Waals surface area contributed by atoms with E-state index >= 15 is 0 Å². The van der Waals surface area contributed by atoms with E-state index in [2.05, 4.69) is 10.6 Å². The van der Waals surface area contributed by atoms with Gasteiger partial charge in [0.25, 0.3) is 5.91 Å². The highest BCUT2D eigenvalue weighted by Crippen LogP contribution is 2.29. The number of urea groups is 1. The molecule has 0 bridgehead atoms. The van der Waals surface area contributed by atoms with E-state index in [0.717, 1.165) is 36.2 Å². The number of benzene rings is 3. The number of anilines is 1. The Bertz CT molecular complexity index is 1180. The first-order chi connectivity index (χ1) is 17.6. The molecule has 0 aromatic heterocycles. The van der Waals surface area contributed by atoms with Crippen molar-refractivity contribution in [2.45, 2.75) is 32.2 Å². The molecule has 3 aromatic carbocycles. The number of rotatable bonds is 8. The van der Waals surface area contributed by atoms with Gasteiger partial charge in [-0.05, 0) is 67.3 Å². The Hall–Kier alpha value is -4.00. The highest BCUT2D eigenvalue weighted by atomic mass is 16.5. The molecule has 7 heteroatoms. The van der Waals surface area contributed by atoms with Gasteiger partial charge in [0.15, 0.2) is 11.5 Å². The molecule has 0 unspecified atom stereocenters. The van der Waals surface area contributed by atoms with Gasteiger partial charge in [0, 0.05) is 36.8 Å². The smallest absolute Gasteiger partial charge is 0.321 e. The standard InChI is InChI=1S/C29H33N3O4/c1-3-36-27-17-21(14-15-26(27)35-2)19-30-28(33)23-10-7-9-22(18-23)24-11-8-16-32(20-24)29(34)31-25-12-5-4-6-13-25/h4-7,9-10,12-15,17-18,24H,3,8,11,16,19-20H2,1-2H3,(H,30,33)(H,31,34)/t24-/m0/s1. The van der Waals surface area contributed by atoms with E-state index < -0.39 is 0 Å². The maximum atomic E-state index is 12.9. The lowest BCUT2D eigenvalue weighted by Crippen LogP contribution is -2.41. The summed E-state index contributed by atoms with van der Waals surface area (Å²) >= 11 is 0. The van der Waals surface area contributed by atoms with Crippen LogP contribution < -0.4 is 20.1 Å². The van der Waals surface area contributed by atoms with Crippen molar-refractivity contribution in [3.05, 3.63) is 89.5 Å². The van der Waals surface area contributed by atoms with Gasteiger partial charge in [-0.1, -0.05) is 36.4 Å². The summed E-state index contributed by atoms with van der Waals surface area (Å²) in [4.78, 5) is 27.6. The van der Waals surface area contributed by atoms with E-state index in [0.29, 0.717) is 36.8 Å². The van der Waals surface area contributed by atoms with Crippen LogP contribution in [0.15, 0.2) is 72.8 Å². The van der Waals surface area contributed by atoms with Crippen molar-refractivity contribution in [3.8, 4) is 11.5 Å². The number of nitrogens with one attached hydrogen (secondary N) is 2. The fourth-order valence-electron chi connectivity index (χ4n) is 4.48. The van der Waals surface area contributed by atoms with Crippen LogP contribution in [0.1, 0.15) is 47.2 Å². The zero-order chi connectivity index (χ0) is 25.3. The predicted octanol–water partition coefficient (Wildman–Crippen LogP) is 5.44. The molecule has 1 fully saturated rings. The maximum absolute atomic E-state index is 12.9. The second kappa shape index (κ2) is 12.1. The number of piperidine rings is 1. The number of likely N-dealkylation sites (tertiary alicyclic amines) is 1. The van der Waals surface area contributed by atoms with E-state index in [4.69, 9.17) is 9.47 Å². The summed E-state index contributed by atoms with van der Waals surface area (Å²) in [5.74, 6) is 1.37. The van der Waals surface area contributed by atoms with Crippen LogP contribution in [-0.2, 0) is 6.54 Å². The van der Waals surface area contributed by atoms with Gasteiger partial charge < -0.3 is 25.0 Å². The minimum atomic E-state index is -0.139. The average Bonchev–Trinajstić information content (AvgIpc) is 2.92. The van der Waals surface area contributed by atoms with E-state index in [1.807, 2.05) is 84.6 Å². The lowest BCUT2D eigenvalue weighted by molar-refractivity contribution is 0.0950. The molecule has 1 aliphatic heterocycles. The summed E-state index contributed by atoms with van der Waals surface area (Å²) in [6, 6.07) is 22.7. The third-order valence-electron chi connectivity index (χ3n) is 6.33. The van der Waals surface area contributed by atoms with Crippen LogP contribution in [-0.4, -0.2) is 43.6 Å². The maximum Gasteiger partial charge on any atom is 0.321 e. The predicted molar refractivity (Wildman–Crippen MR) is 141 cm³/mol. The molecule has 3 aromatic rings. The molecule has 0 saturated carbocycles. The summed E-state index contributed by atoms with van der Waals surface area (Å²) < 4.78 is 11.0. The summed E-state index contributed by atoms with van der Waals surface area (Å²) in [5, 5.41) is 5.97. The number of methoxy groups -OCH3 is 1. The Labute approximate surface area is 212 Å². The number of amides is 3. The quantitative estimate of drug-likeness (QED) is 0.444. The van der Waals surface area contributed by atoms with E-state index in [1.54, 1.807) is 7.11 Å². The Balaban J connectivity index is 1.38. The molecule has 7 nitrogen and oxygen atoms in total. The van der Waals surface area contributed by atoms with Crippen LogP contribution in [0.3, 0.4) is 0 Å². The Morgan fingerprint density at radius 3 is 2.61 bits per heavy atom. The fourth-order valence-corrected chi connectivity index (χ4v) is 4.48. The molecule has 1 aliphatic rings. The number of para-hydroxylation sites is 1. The third-order valence-corrected chi connectivity index (χ3v) is 6.33. The number of nitrogens with zero attached hydrogens (tertiary/aromatic N) is 1. The van der Waals surface area contributed by atoms with Crippen LogP contribution in [0.4, 0.5) is 10.5 Å². The second-order valence-electron chi connectivity index (χ2n) is 8.81. The van der Waals surface area contributed by atoms with Crippen molar-refractivity contribution in [1.82, 2.24) is 10.2 Å². The minimum absolute atomic E-state index is 0.0919. The number of hydrogen-bond donors (Lipinski definition) is 2. The van der Waals surface area contributed by atoms with Gasteiger partial charge >= 0.3 is 6.03 Å². The fraction of sp³-hybridized carbons (Fsp3) is 0.310. The Morgan fingerprint density at radius 1 is 1.00 bits per heavy atom. The van der Waals surface area contributed by atoms with Crippen LogP contribution in [0.2, 0.25) is 0 Å². The van der Waals surface area contributed by atoms with Gasteiger partial charge in [-0.2, -0.15) is 0 Å². The zero-order valence-corrected chi connectivity index (χ0v) is 20.8. The molecule has 3 amide bonds. The molecule has 4 rings (SSSR count). The van der Waals surface area contributed by atoms with E-state index in [-0.39, 0.29) is 17.9 Å². The number of carbonyl (C=O) groups is 2. The minimum Gasteiger partial charge on any atom is -0.493 e. The summed E-state index contributed by atoms with van der Waals surface area (Å²) in [6.45, 7) is 4.17. The van der Waals surface area contributed by atoms with Crippen molar-refractivity contribution in [3.63, 3.8) is 0 Å². The first-order valence-corrected chi connectivity index (χ1v) is 12.4. The van der Waals surface area contributed by atoms with Crippen LogP contribution in [0.5, 0.6) is 11.5 Å². The summed E-state index contributed by atoms with van der Waals surface area (Å²) in [6.07, 6.45) is 1.90. The number of carbonyl (C=O) groups excluding carboxylic acids is 2. The van der Waals surface area contributed by atoms with Gasteiger partial charge in [-0.15, -0.1) is 0 Å². The second-order valence-corrected chi connectivity index (χ2v) is 8.81. The van der Waals surface area contributed by atoms with E-state index in [1.165, 1.54) is 0 Å². The Morgan fingerprint density at radius 2 is 1.83 bits per heavy atom. The van der Waals surface area contributed by atoms with Crippen LogP contribution >= 0.6 is 0 Å². The van der Waals surface area contributed by atoms with Crippen LogP contribution in [0, 0.1) is 0 Å². The molecular weight excluding hydrogens is 454 g/mol. The van der Waals surface area contributed by atoms with Crippen molar-refractivity contribution in [2.24, 2.45) is 0 Å². The number of hydrogen-bond acceptors (Lipinski definition) is 4. The number of ether oxygens (including phenoxy) is 2. The van der Waals surface area contributed by atoms with Gasteiger partial charge in [0.1, 0.15) is 0 Å². The highest BCUT2D eigenvalue weighted by Gasteiger charge is 2.25. The molecule has 0 spiro atoms. The summed E-state index contributed by atoms with van der Waals surface area (Å²) in [7, 11) is 1.60. The van der Waals surface area contributed by atoms with Crippen molar-refractivity contribution >= 4 is 17.6 Å². The van der Waals surface area contributed by atoms with Crippen LogP contribution in [0.25, 0.3) is 0 Å². The van der Waals surface area contributed by atoms with E-state index in [9.17, 15) is 9.59 Å². The largest absolute Gasteiger partial charge is 0.493 e. The zero-order valence-electron chi connectivity index (χ0n) is 20.8. The van der Waals surface area contributed by atoms with Gasteiger partial charge in [0.05, 0.1) is 13.7 Å².